The molecule has 1 aliphatic rings. The summed E-state index contributed by atoms with van der Waals surface area (Å²) < 4.78 is 45.8. The molecule has 1 aliphatic heterocycles. The fourth-order valence-corrected chi connectivity index (χ4v) is 4.56. The van der Waals surface area contributed by atoms with Crippen LogP contribution in [-0.4, -0.2) is 119 Å². The van der Waals surface area contributed by atoms with E-state index in [-0.39, 0.29) is 36.2 Å². The standard InChI is InChI=1S/C24H47NO10S.Na/c1-2-3-4-5-6-7-8-9-10-11-12-13-14-15-19(27)18(25)17-33-24-22(29)23(35-36(30,31)32)21(28)20(16-26)34-24;/h14-15,18-24,26-29H,2-13,16-17,25H2,1H3,(H,30,31,32);/b15-14+;/t18-,19+,20+,21-,22+,23-,24+;/m0./s1. The molecule has 11 nitrogen and oxygen atoms in total. The first kappa shape index (κ1) is 37.3. The number of rotatable bonds is 20. The second-order valence-corrected chi connectivity index (χ2v) is 10.5. The Hall–Kier alpha value is 0.330. The molecule has 37 heavy (non-hydrogen) atoms. The van der Waals surface area contributed by atoms with Crippen LogP contribution >= 0.6 is 0 Å². The molecule has 0 saturated carbocycles. The van der Waals surface area contributed by atoms with Crippen LogP contribution in [0.15, 0.2) is 12.2 Å². The van der Waals surface area contributed by atoms with E-state index in [1.807, 2.05) is 6.08 Å². The molecule has 0 aromatic rings. The van der Waals surface area contributed by atoms with E-state index in [2.05, 4.69) is 11.1 Å². The van der Waals surface area contributed by atoms with E-state index in [9.17, 15) is 28.8 Å². The first-order valence-corrected chi connectivity index (χ1v) is 14.5. The average Bonchev–Trinajstić information content (AvgIpc) is 2.83. The second-order valence-electron chi connectivity index (χ2n) is 9.44. The van der Waals surface area contributed by atoms with Gasteiger partial charge in [-0.25, -0.2) is 4.18 Å². The van der Waals surface area contributed by atoms with Crippen LogP contribution in [0.2, 0.25) is 0 Å². The van der Waals surface area contributed by atoms with Gasteiger partial charge in [-0.1, -0.05) is 83.3 Å². The molecule has 0 aliphatic carbocycles. The summed E-state index contributed by atoms with van der Waals surface area (Å²) in [7, 11) is -5.00. The summed E-state index contributed by atoms with van der Waals surface area (Å²) in [6, 6.07) is -0.880. The molecule has 0 amide bonds. The van der Waals surface area contributed by atoms with Crippen molar-refractivity contribution in [2.45, 2.75) is 127 Å². The molecule has 0 spiro atoms. The Morgan fingerprint density at radius 3 is 2.03 bits per heavy atom. The van der Waals surface area contributed by atoms with Gasteiger partial charge in [-0.05, 0) is 12.8 Å². The maximum atomic E-state index is 11.0. The smallest absolute Gasteiger partial charge is 0.394 e. The van der Waals surface area contributed by atoms with Gasteiger partial charge in [-0.3, -0.25) is 4.55 Å². The summed E-state index contributed by atoms with van der Waals surface area (Å²) in [6.07, 6.45) is 8.83. The Labute approximate surface area is 244 Å². The second kappa shape index (κ2) is 21.1. The molecular weight excluding hydrogens is 517 g/mol. The van der Waals surface area contributed by atoms with E-state index >= 15 is 0 Å². The molecule has 0 bridgehead atoms. The van der Waals surface area contributed by atoms with Crippen LogP contribution in [0, 0.1) is 0 Å². The zero-order chi connectivity index (χ0) is 27.0. The fraction of sp³-hybridized carbons (Fsp3) is 0.917. The molecule has 0 aromatic carbocycles. The Bertz CT molecular complexity index is 699. The van der Waals surface area contributed by atoms with Gasteiger partial charge in [0.15, 0.2) is 6.29 Å². The van der Waals surface area contributed by atoms with Crippen LogP contribution in [0.4, 0.5) is 0 Å². The van der Waals surface area contributed by atoms with Crippen molar-refractivity contribution >= 4 is 40.0 Å². The summed E-state index contributed by atoms with van der Waals surface area (Å²) in [6.45, 7) is 1.22. The van der Waals surface area contributed by atoms with Gasteiger partial charge in [0.05, 0.1) is 25.4 Å². The predicted octanol–water partition coefficient (Wildman–Crippen LogP) is 1.19. The topological polar surface area (TPSA) is 189 Å². The van der Waals surface area contributed by atoms with E-state index in [1.165, 1.54) is 57.8 Å². The number of nitrogens with two attached hydrogens (primary N) is 1. The van der Waals surface area contributed by atoms with Crippen LogP contribution in [0.25, 0.3) is 0 Å². The van der Waals surface area contributed by atoms with E-state index in [4.69, 9.17) is 19.8 Å². The Kier molecular flexibility index (Phi) is 21.3. The largest absolute Gasteiger partial charge is 0.397 e. The SMILES string of the molecule is CCCCCCCCCCCCC/C=C/[C@@H](O)[C@@H](N)CO[C@@H]1O[C@H](CO)[C@H](O)[C@H](OS(=O)(=O)O)[C@H]1O.[Na]. The summed E-state index contributed by atoms with van der Waals surface area (Å²) in [4.78, 5) is 0. The number of aliphatic hydroxyl groups excluding tert-OH is 4. The third-order valence-electron chi connectivity index (χ3n) is 6.25. The first-order valence-electron chi connectivity index (χ1n) is 13.1. The summed E-state index contributed by atoms with van der Waals surface area (Å²) in [5, 5.41) is 39.8. The fourth-order valence-electron chi connectivity index (χ4n) is 4.05. The van der Waals surface area contributed by atoms with Crippen LogP contribution < -0.4 is 5.73 Å². The van der Waals surface area contributed by atoms with E-state index < -0.39 is 59.9 Å². The summed E-state index contributed by atoms with van der Waals surface area (Å²) in [5.74, 6) is 0. The van der Waals surface area contributed by atoms with Crippen LogP contribution in [0.3, 0.4) is 0 Å². The number of hydrogen-bond acceptors (Lipinski definition) is 10. The van der Waals surface area contributed by atoms with Crippen molar-refractivity contribution in [1.29, 1.82) is 0 Å². The first-order chi connectivity index (χ1) is 17.1. The average molecular weight is 565 g/mol. The van der Waals surface area contributed by atoms with Crippen LogP contribution in [-0.2, 0) is 24.1 Å². The van der Waals surface area contributed by atoms with Gasteiger partial charge in [0.25, 0.3) is 0 Å². The van der Waals surface area contributed by atoms with Gasteiger partial charge in [0, 0.05) is 29.6 Å². The third-order valence-corrected chi connectivity index (χ3v) is 6.72. The molecule has 0 aromatic heterocycles. The minimum Gasteiger partial charge on any atom is -0.394 e. The molecule has 215 valence electrons. The third kappa shape index (κ3) is 16.3. The van der Waals surface area contributed by atoms with Crippen molar-refractivity contribution in [3.05, 3.63) is 12.2 Å². The van der Waals surface area contributed by atoms with Crippen molar-refractivity contribution in [3.63, 3.8) is 0 Å². The van der Waals surface area contributed by atoms with Crippen molar-refractivity contribution in [2.75, 3.05) is 13.2 Å². The molecule has 1 heterocycles. The normalized spacial score (nSPS) is 26.2. The number of aliphatic hydroxyl groups is 4. The molecule has 7 atom stereocenters. The monoisotopic (exact) mass is 564 g/mol. The van der Waals surface area contributed by atoms with Crippen molar-refractivity contribution in [1.82, 2.24) is 0 Å². The minimum absolute atomic E-state index is 0. The van der Waals surface area contributed by atoms with Crippen molar-refractivity contribution < 1.29 is 47.1 Å². The van der Waals surface area contributed by atoms with Gasteiger partial charge in [-0.2, -0.15) is 8.42 Å². The molecule has 1 fully saturated rings. The van der Waals surface area contributed by atoms with E-state index in [1.54, 1.807) is 6.08 Å². The Morgan fingerprint density at radius 2 is 1.51 bits per heavy atom. The molecule has 1 rings (SSSR count). The van der Waals surface area contributed by atoms with Gasteiger partial charge in [0.1, 0.15) is 24.4 Å². The predicted molar refractivity (Wildman–Crippen MR) is 140 cm³/mol. The van der Waals surface area contributed by atoms with E-state index in [0.717, 1.165) is 19.3 Å². The number of ether oxygens (including phenoxy) is 2. The van der Waals surface area contributed by atoms with Gasteiger partial charge >= 0.3 is 10.4 Å². The quantitative estimate of drug-likeness (QED) is 0.0539. The molecule has 1 saturated heterocycles. The molecule has 0 unspecified atom stereocenters. The van der Waals surface area contributed by atoms with Crippen molar-refractivity contribution in [2.24, 2.45) is 5.73 Å². The molecule has 13 heteroatoms. The van der Waals surface area contributed by atoms with Crippen LogP contribution in [0.5, 0.6) is 0 Å². The minimum atomic E-state index is -5.00. The van der Waals surface area contributed by atoms with Crippen LogP contribution in [0.1, 0.15) is 84.0 Å². The number of allylic oxidation sites excluding steroid dienone is 1. The zero-order valence-electron chi connectivity index (χ0n) is 22.4. The summed E-state index contributed by atoms with van der Waals surface area (Å²) in [5.41, 5.74) is 5.93. The number of unbranched alkanes of at least 4 members (excludes halogenated alkanes) is 11. The maximum Gasteiger partial charge on any atom is 0.397 e. The van der Waals surface area contributed by atoms with Crippen molar-refractivity contribution in [3.8, 4) is 0 Å². The maximum absolute atomic E-state index is 11.0. The molecular formula is C24H47NNaO10S. The molecule has 1 radical (unpaired) electrons. The Balaban J connectivity index is 0.0000130. The Morgan fingerprint density at radius 1 is 0.973 bits per heavy atom. The number of hydrogen-bond donors (Lipinski definition) is 6. The van der Waals surface area contributed by atoms with Gasteiger partial charge in [-0.15, -0.1) is 0 Å². The van der Waals surface area contributed by atoms with E-state index in [0.29, 0.717) is 0 Å². The summed E-state index contributed by atoms with van der Waals surface area (Å²) >= 11 is 0. The van der Waals surface area contributed by atoms with Gasteiger partial charge in [0.2, 0.25) is 0 Å². The molecule has 7 N–H and O–H groups in total. The zero-order valence-corrected chi connectivity index (χ0v) is 25.2. The van der Waals surface area contributed by atoms with Gasteiger partial charge < -0.3 is 35.6 Å².